The molecule has 0 spiro atoms. The topological polar surface area (TPSA) is 229 Å². The van der Waals surface area contributed by atoms with Crippen molar-refractivity contribution in [3.8, 4) is 46.0 Å². The Labute approximate surface area is 812 Å². The van der Waals surface area contributed by atoms with E-state index in [-0.39, 0.29) is 35.5 Å². The van der Waals surface area contributed by atoms with Crippen molar-refractivity contribution in [3.63, 3.8) is 0 Å². The molecule has 16 rings (SSSR count). The van der Waals surface area contributed by atoms with E-state index in [9.17, 15) is 35.9 Å². The molecule has 8 N–H and O–H groups in total. The van der Waals surface area contributed by atoms with Crippen molar-refractivity contribution in [1.82, 2.24) is 21.3 Å². The first-order valence-corrected chi connectivity index (χ1v) is 48.8. The quantitative estimate of drug-likeness (QED) is 0.0139. The standard InChI is InChI=1S/2C56H55F3N5O5P/c2*1-36-16-29-52(50(32-36)64-55(65)63-42-31-37(2)30-41(34-42)56(57,58)59)69-53-33-40-14-10-11-15-49(40)54(53)62-38(3)61-51(39-12-8-7-9-13-39)35-60-70(46-23-17-43(66-4)18-24-46,47-25-19-44(67-5)20-26-47)48-27-21-45(68-6)22-28-48/h2*7-32,34,51,53-54,61-62H,3,33,35H2,1-2,4-6H3,(H2,63,64,65)/t2*51-,53-,54-/m10/s1. The van der Waals surface area contributed by atoms with Crippen LogP contribution in [0.15, 0.2) is 362 Å². The number of hydrogen-bond donors (Lipinski definition) is 8. The Hall–Kier alpha value is -15.3. The molecule has 20 nitrogen and oxygen atoms in total. The Bertz CT molecular complexity index is 6170. The molecule has 0 radical (unpaired) electrons. The summed E-state index contributed by atoms with van der Waals surface area (Å²) in [7, 11) is 4.38. The van der Waals surface area contributed by atoms with Crippen LogP contribution in [-0.2, 0) is 25.2 Å². The highest BCUT2D eigenvalue weighted by atomic mass is 31.2. The van der Waals surface area contributed by atoms with E-state index in [0.29, 0.717) is 71.6 Å². The van der Waals surface area contributed by atoms with Crippen LogP contribution in [0.2, 0.25) is 0 Å². The predicted octanol–water partition coefficient (Wildman–Crippen LogP) is 23.2. The molecule has 0 fully saturated rings. The molecule has 6 atom stereocenters. The number of rotatable bonds is 34. The lowest BCUT2D eigenvalue weighted by Gasteiger charge is -2.30. The third-order valence-electron chi connectivity index (χ3n) is 24.4. The smallest absolute Gasteiger partial charge is 0.416 e. The van der Waals surface area contributed by atoms with Crippen LogP contribution in [0.25, 0.3) is 0 Å². The van der Waals surface area contributed by atoms with Crippen LogP contribution in [0.4, 0.5) is 58.7 Å². The molecular formula is C112H110F6N10O10P2. The highest BCUT2D eigenvalue weighted by Gasteiger charge is 2.40. The number of anilines is 4. The van der Waals surface area contributed by atoms with Crippen molar-refractivity contribution >= 4 is 80.7 Å². The largest absolute Gasteiger partial charge is 0.497 e. The number of nitrogens with one attached hydrogen (secondary N) is 8. The van der Waals surface area contributed by atoms with Crippen LogP contribution in [0, 0.1) is 27.7 Å². The van der Waals surface area contributed by atoms with Gasteiger partial charge in [-0.1, -0.05) is 134 Å². The van der Waals surface area contributed by atoms with Gasteiger partial charge in [0.1, 0.15) is 58.2 Å². The lowest BCUT2D eigenvalue weighted by molar-refractivity contribution is -0.138. The molecule has 0 saturated carbocycles. The molecule has 0 unspecified atom stereocenters. The first-order chi connectivity index (χ1) is 67.5. The third kappa shape index (κ3) is 23.8. The maximum Gasteiger partial charge on any atom is 0.416 e. The molecule has 0 heterocycles. The van der Waals surface area contributed by atoms with Gasteiger partial charge in [-0.3, -0.25) is 9.49 Å². The molecular weight excluding hydrogens is 1820 g/mol. The molecule has 2 aliphatic rings. The fraction of sp³-hybridized carbons (Fsp3) is 0.196. The summed E-state index contributed by atoms with van der Waals surface area (Å²) in [5, 5.41) is 31.7. The van der Waals surface area contributed by atoms with Crippen LogP contribution in [0.3, 0.4) is 0 Å². The summed E-state index contributed by atoms with van der Waals surface area (Å²) in [5.41, 5.74) is 7.65. The van der Waals surface area contributed by atoms with Gasteiger partial charge in [0.15, 0.2) is 0 Å². The number of urea groups is 2. The van der Waals surface area contributed by atoms with Gasteiger partial charge >= 0.3 is 24.4 Å². The number of fused-ring (bicyclic) bond motifs is 2. The van der Waals surface area contributed by atoms with Gasteiger partial charge in [-0.05, 0) is 290 Å². The summed E-state index contributed by atoms with van der Waals surface area (Å²) in [6, 6.07) is 99.9. The van der Waals surface area contributed by atoms with Gasteiger partial charge in [-0.25, -0.2) is 9.59 Å². The Morgan fingerprint density at radius 3 is 0.921 bits per heavy atom. The number of carbonyl (C=O) groups excluding carboxylic acids is 2. The van der Waals surface area contributed by atoms with Crippen molar-refractivity contribution in [3.05, 3.63) is 419 Å². The van der Waals surface area contributed by atoms with Gasteiger partial charge in [-0.15, -0.1) is 0 Å². The SMILES string of the molecule is C=C(N[C@@H](CN=P(c1ccc(OC)cc1)(c1ccc(OC)cc1)c1ccc(OC)cc1)c1ccccc1)N[C@H]1c2ccccc2C[C@@H]1Oc1ccc(C)cc1NC(=O)Nc1cc(C)cc(C(F)(F)F)c1.C=C(N[C@@H]1c2ccccc2C[C@H]1Oc1ccc(C)cc1NC(=O)Nc1cc(C)cc(C(F)(F)F)c1)N[C@H](CN=P(c1ccc(OC)cc1)(c1ccc(OC)cc1)c1ccc(OC)cc1)c1ccccc1. The number of halogens is 6. The second-order valence-corrected chi connectivity index (χ2v) is 40.2. The Balaban J connectivity index is 0.000000212. The van der Waals surface area contributed by atoms with E-state index in [1.54, 1.807) is 80.8 Å². The maximum absolute atomic E-state index is 13.6. The number of ether oxygens (including phenoxy) is 8. The molecule has 2 aliphatic carbocycles. The average Bonchev–Trinajstić information content (AvgIpc) is 1.74. The molecule has 28 heteroatoms. The molecule has 14 aromatic carbocycles. The summed E-state index contributed by atoms with van der Waals surface area (Å²) in [6.07, 6.45) is -8.99. The van der Waals surface area contributed by atoms with Gasteiger partial charge in [0.05, 0.1) is 128 Å². The number of aryl methyl sites for hydroxylation is 4. The van der Waals surface area contributed by atoms with Crippen LogP contribution < -0.4 is 112 Å². The molecule has 14 aromatic rings. The zero-order valence-electron chi connectivity index (χ0n) is 79.0. The second kappa shape index (κ2) is 44.5. The summed E-state index contributed by atoms with van der Waals surface area (Å²) >= 11 is 0. The highest BCUT2D eigenvalue weighted by Crippen LogP contribution is 2.51. The first kappa shape index (κ1) is 99.2. The van der Waals surface area contributed by atoms with Gasteiger partial charge in [-0.2, -0.15) is 26.3 Å². The third-order valence-corrected chi connectivity index (χ3v) is 31.9. The fourth-order valence-electron chi connectivity index (χ4n) is 17.6. The van der Waals surface area contributed by atoms with Gasteiger partial charge in [0.2, 0.25) is 0 Å². The number of methoxy groups -OCH3 is 6. The van der Waals surface area contributed by atoms with E-state index >= 15 is 0 Å². The molecule has 4 amide bonds. The molecule has 0 aromatic heterocycles. The van der Waals surface area contributed by atoms with E-state index in [1.165, 1.54) is 12.1 Å². The number of nitrogens with zero attached hydrogens (tertiary/aromatic N) is 2. The lowest BCUT2D eigenvalue weighted by atomic mass is 10.1. The van der Waals surface area contributed by atoms with Gasteiger partial charge < -0.3 is 80.4 Å². The molecule has 0 saturated heterocycles. The van der Waals surface area contributed by atoms with E-state index < -0.39 is 61.9 Å². The summed E-state index contributed by atoms with van der Waals surface area (Å²) in [6.45, 7) is 16.6. The average molecular weight is 1930 g/mol. The minimum atomic E-state index is -4.57. The number of alkyl halides is 6. The first-order valence-electron chi connectivity index (χ1n) is 45.3. The Morgan fingerprint density at radius 2 is 0.636 bits per heavy atom. The molecule has 0 aliphatic heterocycles. The highest BCUT2D eigenvalue weighted by molar-refractivity contribution is 7.87. The number of amides is 4. The second-order valence-electron chi connectivity index (χ2n) is 34.0. The monoisotopic (exact) mass is 1930 g/mol. The zero-order valence-corrected chi connectivity index (χ0v) is 80.8. The lowest BCUT2D eigenvalue weighted by Crippen LogP contribution is -2.38. The van der Waals surface area contributed by atoms with Crippen LogP contribution in [-0.4, -0.2) is 80.0 Å². The van der Waals surface area contributed by atoms with Crippen LogP contribution in [0.1, 0.15) is 90.9 Å². The Morgan fingerprint density at radius 1 is 0.350 bits per heavy atom. The van der Waals surface area contributed by atoms with Crippen LogP contribution >= 0.6 is 14.1 Å². The van der Waals surface area contributed by atoms with Crippen molar-refractivity contribution in [2.75, 3.05) is 77.0 Å². The minimum Gasteiger partial charge on any atom is -0.497 e. The predicted molar refractivity (Wildman–Crippen MR) is 548 cm³/mol. The van der Waals surface area contributed by atoms with E-state index in [2.05, 4.69) is 177 Å². The summed E-state index contributed by atoms with van der Waals surface area (Å²) < 4.78 is 141. The number of hydrogen-bond acceptors (Lipinski definition) is 16. The van der Waals surface area contributed by atoms with E-state index in [4.69, 9.17) is 47.4 Å². The minimum absolute atomic E-state index is 0.0119. The normalized spacial score (nSPS) is 14.6. The molecule has 720 valence electrons. The molecule has 140 heavy (non-hydrogen) atoms. The number of benzene rings is 14. The van der Waals surface area contributed by atoms with Gasteiger partial charge in [0, 0.05) is 56.0 Å². The maximum atomic E-state index is 13.6. The van der Waals surface area contributed by atoms with Crippen molar-refractivity contribution in [1.29, 1.82) is 0 Å². The Kier molecular flexibility index (Phi) is 31.5. The molecule has 0 bridgehead atoms. The van der Waals surface area contributed by atoms with Crippen molar-refractivity contribution < 1.29 is 73.8 Å². The number of carbonyl (C=O) groups is 2. The fourth-order valence-corrected chi connectivity index (χ4v) is 24.7. The summed E-state index contributed by atoms with van der Waals surface area (Å²) in [4.78, 5) is 26.8. The van der Waals surface area contributed by atoms with E-state index in [1.807, 2.05) is 159 Å². The zero-order chi connectivity index (χ0) is 98.8. The summed E-state index contributed by atoms with van der Waals surface area (Å²) in [5.74, 6) is 6.27. The van der Waals surface area contributed by atoms with Crippen molar-refractivity contribution in [2.45, 2.75) is 89.3 Å². The van der Waals surface area contributed by atoms with Gasteiger partial charge in [0.25, 0.3) is 0 Å². The van der Waals surface area contributed by atoms with Crippen LogP contribution in [0.5, 0.6) is 46.0 Å². The van der Waals surface area contributed by atoms with E-state index in [0.717, 1.165) is 135 Å². The van der Waals surface area contributed by atoms with Crippen molar-refractivity contribution in [2.24, 2.45) is 9.49 Å².